The maximum Gasteiger partial charge on any atom is 0.338 e. The molecule has 3 heterocycles. The predicted octanol–water partition coefficient (Wildman–Crippen LogP) is -0.578. The second kappa shape index (κ2) is 5.44. The van der Waals surface area contributed by atoms with Crippen molar-refractivity contribution < 1.29 is 9.53 Å². The van der Waals surface area contributed by atoms with Crippen LogP contribution in [0.15, 0.2) is 32.7 Å². The number of aryl methyl sites for hydroxylation is 1. The normalized spacial score (nSPS) is 11.1. The van der Waals surface area contributed by atoms with E-state index in [4.69, 9.17) is 4.74 Å². The topological polar surface area (TPSA) is 105 Å². The van der Waals surface area contributed by atoms with Crippen molar-refractivity contribution in [3.63, 3.8) is 0 Å². The molecule has 9 nitrogen and oxygen atoms in total. The second-order valence-electron chi connectivity index (χ2n) is 5.19. The summed E-state index contributed by atoms with van der Waals surface area (Å²) in [5.74, 6) is -0.549. The summed E-state index contributed by atoms with van der Waals surface area (Å²) in [4.78, 5) is 52.9. The Labute approximate surface area is 134 Å². The Balaban J connectivity index is 2.46. The first-order chi connectivity index (χ1) is 11.4. The van der Waals surface area contributed by atoms with Gasteiger partial charge >= 0.3 is 11.7 Å². The van der Waals surface area contributed by atoms with Crippen LogP contribution in [0.3, 0.4) is 0 Å². The summed E-state index contributed by atoms with van der Waals surface area (Å²) in [5.41, 5.74) is -1.59. The van der Waals surface area contributed by atoms with Crippen molar-refractivity contribution in [3.05, 3.63) is 55.1 Å². The number of esters is 1. The predicted molar refractivity (Wildman–Crippen MR) is 85.4 cm³/mol. The van der Waals surface area contributed by atoms with Gasteiger partial charge in [0.1, 0.15) is 11.0 Å². The van der Waals surface area contributed by atoms with Gasteiger partial charge < -0.3 is 4.74 Å². The lowest BCUT2D eigenvalue weighted by Gasteiger charge is -2.09. The molecule has 124 valence electrons. The van der Waals surface area contributed by atoms with Gasteiger partial charge in [-0.1, -0.05) is 0 Å². The van der Waals surface area contributed by atoms with Crippen molar-refractivity contribution in [2.24, 2.45) is 14.1 Å². The van der Waals surface area contributed by atoms with Crippen LogP contribution in [0.1, 0.15) is 17.3 Å². The summed E-state index contributed by atoms with van der Waals surface area (Å²) < 4.78 is 8.03. The quantitative estimate of drug-likeness (QED) is 0.460. The molecule has 0 amide bonds. The highest BCUT2D eigenvalue weighted by Crippen LogP contribution is 2.08. The van der Waals surface area contributed by atoms with E-state index < -0.39 is 22.8 Å². The van der Waals surface area contributed by atoms with Crippen LogP contribution in [-0.4, -0.2) is 31.1 Å². The van der Waals surface area contributed by atoms with E-state index in [2.05, 4.69) is 4.98 Å². The largest absolute Gasteiger partial charge is 0.462 e. The number of hydrogen-bond acceptors (Lipinski definition) is 6. The fraction of sp³-hybridized carbons (Fsp3) is 0.267. The average Bonchev–Trinajstić information content (AvgIpc) is 2.57. The molecule has 0 radical (unpaired) electrons. The van der Waals surface area contributed by atoms with E-state index in [0.717, 1.165) is 13.5 Å². The number of rotatable bonds is 2. The minimum atomic E-state index is -0.713. The van der Waals surface area contributed by atoms with Gasteiger partial charge in [0.25, 0.3) is 11.1 Å². The maximum absolute atomic E-state index is 12.6. The van der Waals surface area contributed by atoms with Crippen LogP contribution in [-0.2, 0) is 18.8 Å². The molecule has 0 aliphatic heterocycles. The highest BCUT2D eigenvalue weighted by molar-refractivity contribution is 5.90. The molecule has 0 bridgehead atoms. The Morgan fingerprint density at radius 1 is 1.17 bits per heavy atom. The summed E-state index contributed by atoms with van der Waals surface area (Å²) in [6.07, 6.45) is 1.35. The first-order valence-electron chi connectivity index (χ1n) is 7.16. The van der Waals surface area contributed by atoms with Crippen molar-refractivity contribution >= 4 is 22.6 Å². The highest BCUT2D eigenvalue weighted by Gasteiger charge is 2.16. The Morgan fingerprint density at radius 3 is 2.54 bits per heavy atom. The number of aromatic nitrogens is 4. The fourth-order valence-electron chi connectivity index (χ4n) is 2.47. The highest BCUT2D eigenvalue weighted by atomic mass is 16.5. The molecule has 3 aromatic rings. The van der Waals surface area contributed by atoms with Crippen molar-refractivity contribution in [1.29, 1.82) is 0 Å². The van der Waals surface area contributed by atoms with Crippen LogP contribution in [0.25, 0.3) is 16.7 Å². The van der Waals surface area contributed by atoms with Crippen LogP contribution in [0.2, 0.25) is 0 Å². The monoisotopic (exact) mass is 330 g/mol. The van der Waals surface area contributed by atoms with Crippen LogP contribution >= 0.6 is 0 Å². The van der Waals surface area contributed by atoms with Crippen LogP contribution in [0.5, 0.6) is 0 Å². The smallest absolute Gasteiger partial charge is 0.338 e. The maximum atomic E-state index is 12.6. The molecule has 0 saturated carbocycles. The van der Waals surface area contributed by atoms with E-state index in [1.807, 2.05) is 0 Å². The van der Waals surface area contributed by atoms with Gasteiger partial charge in [-0.25, -0.2) is 14.6 Å². The van der Waals surface area contributed by atoms with Crippen LogP contribution in [0.4, 0.5) is 0 Å². The SMILES string of the molecule is CCOC(=O)c1ccn2c(=O)c3c(=O)n(C)c(=O)n(C)c3nc2c1. The van der Waals surface area contributed by atoms with Gasteiger partial charge in [-0.15, -0.1) is 0 Å². The first-order valence-corrected chi connectivity index (χ1v) is 7.16. The van der Waals surface area contributed by atoms with Crippen molar-refractivity contribution in [1.82, 2.24) is 18.5 Å². The van der Waals surface area contributed by atoms with Gasteiger partial charge in [0, 0.05) is 20.3 Å². The Morgan fingerprint density at radius 2 is 1.88 bits per heavy atom. The van der Waals surface area contributed by atoms with Gasteiger partial charge in [0.15, 0.2) is 5.65 Å². The molecular weight excluding hydrogens is 316 g/mol. The summed E-state index contributed by atoms with van der Waals surface area (Å²) in [7, 11) is 2.71. The number of carbonyl (C=O) groups is 1. The zero-order valence-electron chi connectivity index (χ0n) is 13.3. The van der Waals surface area contributed by atoms with E-state index in [0.29, 0.717) is 0 Å². The third-order valence-electron chi connectivity index (χ3n) is 3.73. The fourth-order valence-corrected chi connectivity index (χ4v) is 2.47. The number of carbonyl (C=O) groups excluding carboxylic acids is 1. The Kier molecular flexibility index (Phi) is 3.55. The van der Waals surface area contributed by atoms with Crippen molar-refractivity contribution in [2.45, 2.75) is 6.92 Å². The van der Waals surface area contributed by atoms with Crippen LogP contribution in [0, 0.1) is 0 Å². The van der Waals surface area contributed by atoms with Gasteiger partial charge in [0.05, 0.1) is 12.2 Å². The molecule has 3 aromatic heterocycles. The number of fused-ring (bicyclic) bond motifs is 2. The summed E-state index contributed by atoms with van der Waals surface area (Å²) >= 11 is 0. The zero-order valence-corrected chi connectivity index (χ0v) is 13.3. The number of hydrogen-bond donors (Lipinski definition) is 0. The molecular formula is C15H14N4O5. The minimum absolute atomic E-state index is 0.0332. The zero-order chi connectivity index (χ0) is 17.6. The minimum Gasteiger partial charge on any atom is -0.462 e. The van der Waals surface area contributed by atoms with Gasteiger partial charge in [0.2, 0.25) is 0 Å². The number of pyridine rings is 1. The molecule has 0 saturated heterocycles. The molecule has 0 unspecified atom stereocenters. The van der Waals surface area contributed by atoms with Crippen molar-refractivity contribution in [2.75, 3.05) is 6.61 Å². The van der Waals surface area contributed by atoms with E-state index in [9.17, 15) is 19.2 Å². The van der Waals surface area contributed by atoms with E-state index in [1.54, 1.807) is 6.92 Å². The lowest BCUT2D eigenvalue weighted by atomic mass is 10.2. The molecule has 0 N–H and O–H groups in total. The van der Waals surface area contributed by atoms with Gasteiger partial charge in [-0.2, -0.15) is 0 Å². The van der Waals surface area contributed by atoms with Crippen LogP contribution < -0.4 is 16.8 Å². The number of nitrogens with zero attached hydrogens (tertiary/aromatic N) is 4. The molecule has 9 heteroatoms. The summed E-state index contributed by atoms with van der Waals surface area (Å²) in [5, 5.41) is -0.194. The Bertz CT molecular complexity index is 1170. The second-order valence-corrected chi connectivity index (χ2v) is 5.19. The van der Waals surface area contributed by atoms with Gasteiger partial charge in [-0.05, 0) is 19.1 Å². The van der Waals surface area contributed by atoms with Gasteiger partial charge in [-0.3, -0.25) is 23.1 Å². The molecule has 0 spiro atoms. The average molecular weight is 330 g/mol. The lowest BCUT2D eigenvalue weighted by molar-refractivity contribution is 0.0526. The lowest BCUT2D eigenvalue weighted by Crippen LogP contribution is -2.40. The molecule has 0 atom stereocenters. The standard InChI is InChI=1S/C15H14N4O5/c1-4-24-14(22)8-5-6-19-9(7-8)16-11-10(13(19)21)12(20)18(3)15(23)17(11)2/h5-7H,4H2,1-3H3. The van der Waals surface area contributed by atoms with E-state index >= 15 is 0 Å². The molecule has 0 fully saturated rings. The summed E-state index contributed by atoms with van der Waals surface area (Å²) in [6, 6.07) is 2.78. The van der Waals surface area contributed by atoms with Crippen molar-refractivity contribution in [3.8, 4) is 0 Å². The molecule has 0 aliphatic rings. The molecule has 3 rings (SSSR count). The van der Waals surface area contributed by atoms with E-state index in [1.165, 1.54) is 32.4 Å². The first kappa shape index (κ1) is 15.7. The number of ether oxygens (including phenoxy) is 1. The molecule has 0 aliphatic carbocycles. The Hall–Kier alpha value is -3.23. The molecule has 0 aromatic carbocycles. The third-order valence-corrected chi connectivity index (χ3v) is 3.73. The molecule has 24 heavy (non-hydrogen) atoms. The third kappa shape index (κ3) is 2.13. The van der Waals surface area contributed by atoms with E-state index in [-0.39, 0.29) is 28.9 Å². The summed E-state index contributed by atoms with van der Waals surface area (Å²) in [6.45, 7) is 1.90.